The van der Waals surface area contributed by atoms with E-state index in [9.17, 15) is 0 Å². The molecular weight excluding hydrogens is 272 g/mol. The van der Waals surface area contributed by atoms with Crippen molar-refractivity contribution in [2.45, 2.75) is 51.2 Å². The van der Waals surface area contributed by atoms with E-state index in [0.29, 0.717) is 24.0 Å². The molecule has 0 radical (unpaired) electrons. The Morgan fingerprint density at radius 2 is 1.91 bits per heavy atom. The van der Waals surface area contributed by atoms with Crippen molar-refractivity contribution in [2.24, 2.45) is 16.6 Å². The van der Waals surface area contributed by atoms with Gasteiger partial charge in [-0.2, -0.15) is 0 Å². The summed E-state index contributed by atoms with van der Waals surface area (Å²) in [5.41, 5.74) is 7.46. The van der Waals surface area contributed by atoms with Crippen LogP contribution in [0.1, 0.15) is 38.2 Å². The van der Waals surface area contributed by atoms with Gasteiger partial charge in [-0.25, -0.2) is 4.99 Å². The van der Waals surface area contributed by atoms with Gasteiger partial charge in [-0.1, -0.05) is 37.3 Å². The van der Waals surface area contributed by atoms with Gasteiger partial charge in [-0.3, -0.25) is 4.90 Å². The van der Waals surface area contributed by atoms with E-state index in [2.05, 4.69) is 52.5 Å². The van der Waals surface area contributed by atoms with Crippen molar-refractivity contribution in [3.05, 3.63) is 35.9 Å². The molecule has 4 heteroatoms. The summed E-state index contributed by atoms with van der Waals surface area (Å²) in [7, 11) is 0. The maximum atomic E-state index is 6.06. The van der Waals surface area contributed by atoms with Gasteiger partial charge >= 0.3 is 0 Å². The highest BCUT2D eigenvalue weighted by Gasteiger charge is 2.27. The highest BCUT2D eigenvalue weighted by molar-refractivity contribution is 5.78. The number of hydrogen-bond acceptors (Lipinski definition) is 2. The summed E-state index contributed by atoms with van der Waals surface area (Å²) in [6.07, 6.45) is 4.77. The third-order valence-corrected chi connectivity index (χ3v) is 5.07. The van der Waals surface area contributed by atoms with E-state index >= 15 is 0 Å². The molecule has 120 valence electrons. The molecule has 3 N–H and O–H groups in total. The first-order chi connectivity index (χ1) is 10.7. The second kappa shape index (κ2) is 7.14. The fraction of sp³-hybridized carbons (Fsp3) is 0.611. The SMILES string of the molecule is CC1CCC1N=C(N)NC1CCN(Cc2ccccc2)CC1. The smallest absolute Gasteiger partial charge is 0.189 e. The summed E-state index contributed by atoms with van der Waals surface area (Å²) in [6, 6.07) is 11.6. The van der Waals surface area contributed by atoms with Gasteiger partial charge in [-0.05, 0) is 37.2 Å². The van der Waals surface area contributed by atoms with Crippen LogP contribution in [0.15, 0.2) is 35.3 Å². The van der Waals surface area contributed by atoms with Crippen molar-refractivity contribution < 1.29 is 0 Å². The Morgan fingerprint density at radius 3 is 2.50 bits per heavy atom. The minimum Gasteiger partial charge on any atom is -0.370 e. The van der Waals surface area contributed by atoms with Crippen molar-refractivity contribution in [3.8, 4) is 0 Å². The van der Waals surface area contributed by atoms with Crippen LogP contribution < -0.4 is 11.1 Å². The molecule has 1 saturated heterocycles. The maximum absolute atomic E-state index is 6.06. The van der Waals surface area contributed by atoms with E-state index in [0.717, 1.165) is 32.5 Å². The van der Waals surface area contributed by atoms with Gasteiger partial charge in [-0.15, -0.1) is 0 Å². The molecule has 2 fully saturated rings. The van der Waals surface area contributed by atoms with E-state index in [1.54, 1.807) is 0 Å². The average molecular weight is 300 g/mol. The van der Waals surface area contributed by atoms with Crippen molar-refractivity contribution in [1.29, 1.82) is 0 Å². The van der Waals surface area contributed by atoms with Crippen LogP contribution >= 0.6 is 0 Å². The predicted molar refractivity (Wildman–Crippen MR) is 91.7 cm³/mol. The second-order valence-corrected chi connectivity index (χ2v) is 6.82. The Hall–Kier alpha value is -1.55. The lowest BCUT2D eigenvalue weighted by molar-refractivity contribution is 0.198. The number of rotatable bonds is 4. The van der Waals surface area contributed by atoms with Crippen LogP contribution in [0.4, 0.5) is 0 Å². The summed E-state index contributed by atoms with van der Waals surface area (Å²) in [5, 5.41) is 3.42. The Morgan fingerprint density at radius 1 is 1.18 bits per heavy atom. The number of hydrogen-bond donors (Lipinski definition) is 2. The zero-order valence-electron chi connectivity index (χ0n) is 13.5. The number of nitrogens with two attached hydrogens (primary N) is 1. The number of nitrogens with zero attached hydrogens (tertiary/aromatic N) is 2. The fourth-order valence-corrected chi connectivity index (χ4v) is 3.34. The molecule has 1 saturated carbocycles. The third kappa shape index (κ3) is 4.01. The van der Waals surface area contributed by atoms with E-state index in [4.69, 9.17) is 5.73 Å². The molecule has 22 heavy (non-hydrogen) atoms. The fourth-order valence-electron chi connectivity index (χ4n) is 3.34. The molecule has 2 unspecified atom stereocenters. The van der Waals surface area contributed by atoms with Gasteiger partial charge in [0.1, 0.15) is 0 Å². The first kappa shape index (κ1) is 15.3. The van der Waals surface area contributed by atoms with E-state index < -0.39 is 0 Å². The number of benzene rings is 1. The van der Waals surface area contributed by atoms with Gasteiger partial charge in [0, 0.05) is 25.7 Å². The van der Waals surface area contributed by atoms with Gasteiger partial charge in [0.2, 0.25) is 0 Å². The number of guanidine groups is 1. The van der Waals surface area contributed by atoms with Crippen molar-refractivity contribution in [3.63, 3.8) is 0 Å². The molecule has 1 aliphatic carbocycles. The first-order valence-corrected chi connectivity index (χ1v) is 8.57. The summed E-state index contributed by atoms with van der Waals surface area (Å²) in [5.74, 6) is 1.35. The number of piperidine rings is 1. The average Bonchev–Trinajstić information content (AvgIpc) is 2.54. The maximum Gasteiger partial charge on any atom is 0.189 e. The van der Waals surface area contributed by atoms with Gasteiger partial charge in [0.25, 0.3) is 0 Å². The topological polar surface area (TPSA) is 53.6 Å². The quantitative estimate of drug-likeness (QED) is 0.663. The molecule has 2 atom stereocenters. The Balaban J connectivity index is 1.42. The van der Waals surface area contributed by atoms with Crippen LogP contribution in [-0.4, -0.2) is 36.0 Å². The predicted octanol–water partition coefficient (Wildman–Crippen LogP) is 2.35. The van der Waals surface area contributed by atoms with Crippen LogP contribution in [0.3, 0.4) is 0 Å². The van der Waals surface area contributed by atoms with Crippen molar-refractivity contribution >= 4 is 5.96 Å². The molecule has 2 aliphatic rings. The molecule has 1 aromatic rings. The van der Waals surface area contributed by atoms with Gasteiger partial charge < -0.3 is 11.1 Å². The van der Waals surface area contributed by atoms with Crippen LogP contribution in [0.2, 0.25) is 0 Å². The standard InChI is InChI=1S/C18H28N4/c1-14-7-8-17(14)21-18(19)20-16-9-11-22(12-10-16)13-15-5-3-2-4-6-15/h2-6,14,16-17H,7-13H2,1H3,(H3,19,20,21). The third-order valence-electron chi connectivity index (χ3n) is 5.07. The van der Waals surface area contributed by atoms with Crippen LogP contribution in [0.5, 0.6) is 0 Å². The molecule has 4 nitrogen and oxygen atoms in total. The normalized spacial score (nSPS) is 27.4. The lowest BCUT2D eigenvalue weighted by atomic mass is 9.82. The molecule has 0 aromatic heterocycles. The van der Waals surface area contributed by atoms with E-state index in [1.807, 2.05) is 0 Å². The van der Waals surface area contributed by atoms with Gasteiger partial charge in [0.15, 0.2) is 5.96 Å². The van der Waals surface area contributed by atoms with E-state index in [-0.39, 0.29) is 0 Å². The number of aliphatic imine (C=N–C) groups is 1. The molecule has 1 aliphatic heterocycles. The minimum atomic E-state index is 0.450. The highest BCUT2D eigenvalue weighted by Crippen LogP contribution is 2.29. The summed E-state index contributed by atoms with van der Waals surface area (Å²) >= 11 is 0. The highest BCUT2D eigenvalue weighted by atomic mass is 15.2. The first-order valence-electron chi connectivity index (χ1n) is 8.57. The zero-order valence-corrected chi connectivity index (χ0v) is 13.5. The van der Waals surface area contributed by atoms with Gasteiger partial charge in [0.05, 0.1) is 6.04 Å². The molecular formula is C18H28N4. The molecule has 3 rings (SSSR count). The largest absolute Gasteiger partial charge is 0.370 e. The Kier molecular flexibility index (Phi) is 4.98. The Labute approximate surface area is 133 Å². The lowest BCUT2D eigenvalue weighted by Gasteiger charge is -2.34. The Bertz CT molecular complexity index is 491. The van der Waals surface area contributed by atoms with Crippen molar-refractivity contribution in [1.82, 2.24) is 10.2 Å². The second-order valence-electron chi connectivity index (χ2n) is 6.82. The minimum absolute atomic E-state index is 0.450. The monoisotopic (exact) mass is 300 g/mol. The van der Waals surface area contributed by atoms with Crippen LogP contribution in [0, 0.1) is 5.92 Å². The molecule has 1 heterocycles. The summed E-state index contributed by atoms with van der Waals surface area (Å²) in [4.78, 5) is 7.14. The summed E-state index contributed by atoms with van der Waals surface area (Å²) < 4.78 is 0. The molecule has 0 spiro atoms. The molecule has 0 amide bonds. The lowest BCUT2D eigenvalue weighted by Crippen LogP contribution is -2.47. The van der Waals surface area contributed by atoms with E-state index in [1.165, 1.54) is 18.4 Å². The van der Waals surface area contributed by atoms with Crippen LogP contribution in [0.25, 0.3) is 0 Å². The number of nitrogens with one attached hydrogen (secondary N) is 1. The molecule has 1 aromatic carbocycles. The molecule has 0 bridgehead atoms. The van der Waals surface area contributed by atoms with Crippen LogP contribution in [-0.2, 0) is 6.54 Å². The van der Waals surface area contributed by atoms with Crippen molar-refractivity contribution in [2.75, 3.05) is 13.1 Å². The number of likely N-dealkylation sites (tertiary alicyclic amines) is 1. The zero-order chi connectivity index (χ0) is 15.4. The summed E-state index contributed by atoms with van der Waals surface area (Å²) in [6.45, 7) is 5.56.